The number of esters is 4. The molecule has 0 atom stereocenters. The molecule has 0 amide bonds. The fourth-order valence-corrected chi connectivity index (χ4v) is 4.73. The van der Waals surface area contributed by atoms with Crippen LogP contribution in [-0.4, -0.2) is 125 Å². The van der Waals surface area contributed by atoms with Gasteiger partial charge < -0.3 is 28.1 Å². The molecule has 0 heterocycles. The van der Waals surface area contributed by atoms with Crippen molar-refractivity contribution in [3.05, 3.63) is 58.7 Å². The standard InChI is InChI=1S/2C16H22O7S.Ba/c2*1-10(2)8-22-15(17)12-5-6-13(14(7-12)24(19,20)21)16(18)23-9-11(3)4;/h2*5-7,10-11H,8-9H2,1-4H3,(H,19,20,21);/q;;+2/p-2. The van der Waals surface area contributed by atoms with Crippen LogP contribution < -0.4 is 0 Å². The van der Waals surface area contributed by atoms with E-state index < -0.39 is 65.0 Å². The minimum absolute atomic E-state index is 0. The average molecular weight is 852 g/mol. The molecular formula is C32H42BaO14S2. The minimum Gasteiger partial charge on any atom is -0.744 e. The van der Waals surface area contributed by atoms with Crippen LogP contribution in [0.15, 0.2) is 46.2 Å². The van der Waals surface area contributed by atoms with E-state index in [2.05, 4.69) is 0 Å². The zero-order valence-corrected chi connectivity index (χ0v) is 34.9. The molecule has 0 fully saturated rings. The van der Waals surface area contributed by atoms with Crippen LogP contribution in [-0.2, 0) is 39.2 Å². The van der Waals surface area contributed by atoms with Crippen LogP contribution >= 0.6 is 0 Å². The fourth-order valence-electron chi connectivity index (χ4n) is 3.34. The van der Waals surface area contributed by atoms with Crippen molar-refractivity contribution in [1.82, 2.24) is 0 Å². The molecule has 2 aromatic carbocycles. The van der Waals surface area contributed by atoms with Crippen molar-refractivity contribution in [3.63, 3.8) is 0 Å². The van der Waals surface area contributed by atoms with E-state index in [1.54, 1.807) is 0 Å². The maximum Gasteiger partial charge on any atom is 2.00 e. The minimum atomic E-state index is -4.96. The maximum absolute atomic E-state index is 12.0. The van der Waals surface area contributed by atoms with Gasteiger partial charge in [0.1, 0.15) is 20.2 Å². The average Bonchev–Trinajstić information content (AvgIpc) is 2.98. The Morgan fingerprint density at radius 1 is 0.510 bits per heavy atom. The van der Waals surface area contributed by atoms with Crippen molar-refractivity contribution in [2.45, 2.75) is 65.2 Å². The third-order valence-electron chi connectivity index (χ3n) is 5.60. The second kappa shape index (κ2) is 21.2. The van der Waals surface area contributed by atoms with Crippen molar-refractivity contribution in [2.75, 3.05) is 26.4 Å². The fraction of sp³-hybridized carbons (Fsp3) is 0.500. The molecule has 0 saturated carbocycles. The van der Waals surface area contributed by atoms with E-state index in [1.165, 1.54) is 12.1 Å². The third kappa shape index (κ3) is 17.0. The number of rotatable bonds is 14. The molecule has 0 saturated heterocycles. The quantitative estimate of drug-likeness (QED) is 0.113. The van der Waals surface area contributed by atoms with Crippen LogP contribution in [0.5, 0.6) is 0 Å². The van der Waals surface area contributed by atoms with Crippen molar-refractivity contribution < 1.29 is 64.1 Å². The van der Waals surface area contributed by atoms with Crippen LogP contribution in [0.2, 0.25) is 0 Å². The summed E-state index contributed by atoms with van der Waals surface area (Å²) >= 11 is 0. The summed E-state index contributed by atoms with van der Waals surface area (Å²) in [7, 11) is -9.93. The van der Waals surface area contributed by atoms with Crippen molar-refractivity contribution in [3.8, 4) is 0 Å². The monoisotopic (exact) mass is 852 g/mol. The zero-order chi connectivity index (χ0) is 37.0. The Kier molecular flexibility index (Phi) is 20.2. The Morgan fingerprint density at radius 2 is 0.755 bits per heavy atom. The summed E-state index contributed by atoms with van der Waals surface area (Å²) < 4.78 is 88.4. The predicted molar refractivity (Wildman–Crippen MR) is 175 cm³/mol. The second-order valence-electron chi connectivity index (χ2n) is 12.3. The van der Waals surface area contributed by atoms with E-state index in [0.717, 1.165) is 24.3 Å². The van der Waals surface area contributed by atoms with Gasteiger partial charge in [-0.15, -0.1) is 0 Å². The zero-order valence-electron chi connectivity index (χ0n) is 28.8. The summed E-state index contributed by atoms with van der Waals surface area (Å²) in [5.41, 5.74) is -1.03. The van der Waals surface area contributed by atoms with Gasteiger partial charge in [0, 0.05) is 0 Å². The van der Waals surface area contributed by atoms with Gasteiger partial charge in [0.15, 0.2) is 0 Å². The van der Waals surface area contributed by atoms with Gasteiger partial charge in [-0.3, -0.25) is 0 Å². The van der Waals surface area contributed by atoms with Gasteiger partial charge in [-0.25, -0.2) is 36.0 Å². The van der Waals surface area contributed by atoms with E-state index in [9.17, 15) is 45.1 Å². The molecule has 268 valence electrons. The smallest absolute Gasteiger partial charge is 0.744 e. The summed E-state index contributed by atoms with van der Waals surface area (Å²) in [4.78, 5) is 46.1. The first-order valence-electron chi connectivity index (χ1n) is 14.9. The van der Waals surface area contributed by atoms with Gasteiger partial charge in [-0.1, -0.05) is 55.4 Å². The van der Waals surface area contributed by atoms with Crippen LogP contribution in [0.25, 0.3) is 0 Å². The largest absolute Gasteiger partial charge is 2.00 e. The third-order valence-corrected chi connectivity index (χ3v) is 7.36. The number of ether oxygens (including phenoxy) is 4. The van der Waals surface area contributed by atoms with E-state index in [4.69, 9.17) is 18.9 Å². The summed E-state index contributed by atoms with van der Waals surface area (Å²) in [6, 6.07) is 6.30. The van der Waals surface area contributed by atoms with Crippen molar-refractivity contribution in [1.29, 1.82) is 0 Å². The Bertz CT molecular complexity index is 1540. The Hall–Kier alpha value is -2.29. The molecule has 0 radical (unpaired) electrons. The molecule has 0 aliphatic rings. The van der Waals surface area contributed by atoms with Crippen LogP contribution in [0.1, 0.15) is 96.8 Å². The first-order valence-corrected chi connectivity index (χ1v) is 17.7. The molecule has 0 N–H and O–H groups in total. The van der Waals surface area contributed by atoms with E-state index in [-0.39, 0.29) is 110 Å². The first-order chi connectivity index (χ1) is 22.0. The molecule has 49 heavy (non-hydrogen) atoms. The molecule has 2 rings (SSSR count). The van der Waals surface area contributed by atoms with Crippen LogP contribution in [0.4, 0.5) is 0 Å². The molecule has 2 aromatic rings. The molecular weight excluding hydrogens is 810 g/mol. The Morgan fingerprint density at radius 3 is 0.980 bits per heavy atom. The molecule has 0 bridgehead atoms. The van der Waals surface area contributed by atoms with Crippen molar-refractivity contribution in [2.24, 2.45) is 23.7 Å². The number of hydrogen-bond donors (Lipinski definition) is 0. The molecule has 14 nitrogen and oxygen atoms in total. The summed E-state index contributed by atoms with van der Waals surface area (Å²) in [5.74, 6) is -3.10. The number of benzene rings is 2. The second-order valence-corrected chi connectivity index (χ2v) is 15.0. The van der Waals surface area contributed by atoms with E-state index in [0.29, 0.717) is 0 Å². The van der Waals surface area contributed by atoms with Gasteiger partial charge in [0.2, 0.25) is 0 Å². The van der Waals surface area contributed by atoms with Crippen molar-refractivity contribution >= 4 is 93.0 Å². The summed E-state index contributed by atoms with van der Waals surface area (Å²) in [6.07, 6.45) is 0. The number of carbonyl (C=O) groups is 4. The normalized spacial score (nSPS) is 11.4. The Labute approximate surface area is 328 Å². The first kappa shape index (κ1) is 46.7. The molecule has 0 aromatic heterocycles. The van der Waals surface area contributed by atoms with Gasteiger partial charge in [0.25, 0.3) is 0 Å². The Balaban J connectivity index is 0.000000922. The van der Waals surface area contributed by atoms with E-state index in [1.807, 2.05) is 55.4 Å². The van der Waals surface area contributed by atoms with Gasteiger partial charge in [0.05, 0.1) is 58.5 Å². The molecule has 0 spiro atoms. The van der Waals surface area contributed by atoms with Gasteiger partial charge >= 0.3 is 72.8 Å². The number of carbonyl (C=O) groups excluding carboxylic acids is 4. The van der Waals surface area contributed by atoms with Gasteiger partial charge in [-0.2, -0.15) is 0 Å². The predicted octanol–water partition coefficient (Wildman–Crippen LogP) is 4.05. The summed E-state index contributed by atoms with van der Waals surface area (Å²) in [6.45, 7) is 15.1. The number of hydrogen-bond acceptors (Lipinski definition) is 14. The van der Waals surface area contributed by atoms with Crippen LogP contribution in [0, 0.1) is 23.7 Å². The molecule has 17 heteroatoms. The summed E-state index contributed by atoms with van der Waals surface area (Å²) in [5, 5.41) is 0. The van der Waals surface area contributed by atoms with Crippen LogP contribution in [0.3, 0.4) is 0 Å². The topological polar surface area (TPSA) is 220 Å². The molecule has 0 aliphatic heterocycles. The maximum atomic E-state index is 12.0. The SMILES string of the molecule is CC(C)COC(=O)c1ccc(C(=O)OCC(C)C)c(S(=O)(=O)[O-])c1.CC(C)COC(=O)c1ccc(C(=O)OCC(C)C)c(S(=O)(=O)[O-])c1.[Ba+2]. The molecule has 0 unspecified atom stereocenters. The van der Waals surface area contributed by atoms with Gasteiger partial charge in [-0.05, 0) is 60.1 Å². The van der Waals surface area contributed by atoms with E-state index >= 15 is 0 Å². The molecule has 0 aliphatic carbocycles.